The minimum atomic E-state index is -0.198. The molecule has 114 valence electrons. The molecule has 2 aromatic carbocycles. The second kappa shape index (κ2) is 6.27. The Morgan fingerprint density at radius 2 is 2.05 bits per heavy atom. The van der Waals surface area contributed by atoms with Crippen LogP contribution in [0.25, 0.3) is 0 Å². The number of carbonyl (C=O) groups excluding carboxylic acids is 1. The van der Waals surface area contributed by atoms with Gasteiger partial charge in [-0.1, -0.05) is 22.0 Å². The molecule has 6 heteroatoms. The Morgan fingerprint density at radius 3 is 2.86 bits per heavy atom. The topological polar surface area (TPSA) is 56.8 Å². The maximum absolute atomic E-state index is 12.3. The molecule has 1 heterocycles. The lowest BCUT2D eigenvalue weighted by Gasteiger charge is -2.10. The molecule has 5 nitrogen and oxygen atoms in total. The fourth-order valence-corrected chi connectivity index (χ4v) is 2.55. The van der Waals surface area contributed by atoms with Gasteiger partial charge in [0.05, 0.1) is 12.7 Å². The molecular weight excluding hydrogens is 350 g/mol. The summed E-state index contributed by atoms with van der Waals surface area (Å²) in [6.45, 7) is 0.630. The van der Waals surface area contributed by atoms with Crippen molar-refractivity contribution in [3.05, 3.63) is 52.0 Å². The third-order valence-electron chi connectivity index (χ3n) is 3.30. The van der Waals surface area contributed by atoms with E-state index < -0.39 is 0 Å². The van der Waals surface area contributed by atoms with E-state index in [1.807, 2.05) is 24.3 Å². The van der Waals surface area contributed by atoms with Gasteiger partial charge in [0.25, 0.3) is 5.91 Å². The molecule has 3 rings (SSSR count). The summed E-state index contributed by atoms with van der Waals surface area (Å²) in [6, 6.07) is 10.9. The van der Waals surface area contributed by atoms with E-state index >= 15 is 0 Å². The van der Waals surface area contributed by atoms with Crippen LogP contribution in [0.5, 0.6) is 17.2 Å². The van der Waals surface area contributed by atoms with Gasteiger partial charge in [0.2, 0.25) is 6.79 Å². The summed E-state index contributed by atoms with van der Waals surface area (Å²) < 4.78 is 16.6. The zero-order valence-electron chi connectivity index (χ0n) is 11.9. The van der Waals surface area contributed by atoms with Crippen LogP contribution < -0.4 is 19.5 Å². The lowest BCUT2D eigenvalue weighted by Crippen LogP contribution is -2.23. The molecule has 1 amide bonds. The zero-order chi connectivity index (χ0) is 15.5. The fourth-order valence-electron chi connectivity index (χ4n) is 2.19. The maximum Gasteiger partial charge on any atom is 0.255 e. The molecule has 0 atom stereocenters. The number of carbonyl (C=O) groups is 1. The van der Waals surface area contributed by atoms with Gasteiger partial charge in [-0.2, -0.15) is 0 Å². The van der Waals surface area contributed by atoms with Crippen LogP contribution in [0.4, 0.5) is 0 Å². The number of ether oxygens (including phenoxy) is 3. The van der Waals surface area contributed by atoms with E-state index in [1.54, 1.807) is 12.1 Å². The Bertz CT molecular complexity index is 717. The molecule has 0 spiro atoms. The summed E-state index contributed by atoms with van der Waals surface area (Å²) in [5, 5.41) is 2.87. The van der Waals surface area contributed by atoms with Crippen molar-refractivity contribution in [3.63, 3.8) is 0 Å². The van der Waals surface area contributed by atoms with Crippen LogP contribution in [0, 0.1) is 0 Å². The Kier molecular flexibility index (Phi) is 4.20. The van der Waals surface area contributed by atoms with E-state index in [2.05, 4.69) is 21.2 Å². The molecule has 0 saturated heterocycles. The van der Waals surface area contributed by atoms with Crippen molar-refractivity contribution in [2.45, 2.75) is 6.54 Å². The van der Waals surface area contributed by atoms with E-state index in [9.17, 15) is 4.79 Å². The number of halogens is 1. The second-order valence-electron chi connectivity index (χ2n) is 4.71. The molecule has 0 saturated carbocycles. The normalized spacial score (nSPS) is 12.1. The van der Waals surface area contributed by atoms with Gasteiger partial charge in [0.15, 0.2) is 11.5 Å². The monoisotopic (exact) mass is 363 g/mol. The van der Waals surface area contributed by atoms with Crippen LogP contribution in [0.1, 0.15) is 15.9 Å². The number of rotatable bonds is 4. The standard InChI is InChI=1S/C16H14BrNO4/c1-20-13-5-3-11(17)7-12(13)16(19)18-8-10-2-4-14-15(6-10)22-9-21-14/h2-7H,8-9H2,1H3,(H,18,19). The van der Waals surface area contributed by atoms with E-state index in [1.165, 1.54) is 7.11 Å². The molecule has 0 unspecified atom stereocenters. The van der Waals surface area contributed by atoms with Gasteiger partial charge in [-0.05, 0) is 35.9 Å². The number of amides is 1. The lowest BCUT2D eigenvalue weighted by atomic mass is 10.1. The molecular formula is C16H14BrNO4. The van der Waals surface area contributed by atoms with Crippen LogP contribution in [0.15, 0.2) is 40.9 Å². The van der Waals surface area contributed by atoms with Crippen molar-refractivity contribution in [2.75, 3.05) is 13.9 Å². The van der Waals surface area contributed by atoms with Crippen molar-refractivity contribution >= 4 is 21.8 Å². The number of nitrogens with one attached hydrogen (secondary N) is 1. The summed E-state index contributed by atoms with van der Waals surface area (Å²) in [5.74, 6) is 1.76. The Morgan fingerprint density at radius 1 is 1.23 bits per heavy atom. The van der Waals surface area contributed by atoms with Crippen molar-refractivity contribution in [2.24, 2.45) is 0 Å². The quantitative estimate of drug-likeness (QED) is 0.906. The number of benzene rings is 2. The molecule has 1 aliphatic rings. The predicted octanol–water partition coefficient (Wildman–Crippen LogP) is 3.12. The van der Waals surface area contributed by atoms with Crippen LogP contribution in [0.3, 0.4) is 0 Å². The molecule has 0 aliphatic carbocycles. The number of methoxy groups -OCH3 is 1. The van der Waals surface area contributed by atoms with Gasteiger partial charge < -0.3 is 19.5 Å². The molecule has 1 N–H and O–H groups in total. The molecule has 0 fully saturated rings. The van der Waals surface area contributed by atoms with Gasteiger partial charge in [-0.25, -0.2) is 0 Å². The number of hydrogen-bond donors (Lipinski definition) is 1. The first-order valence-corrected chi connectivity index (χ1v) is 7.47. The average Bonchev–Trinajstić information content (AvgIpc) is 3.00. The SMILES string of the molecule is COc1ccc(Br)cc1C(=O)NCc1ccc2c(c1)OCO2. The number of hydrogen-bond acceptors (Lipinski definition) is 4. The van der Waals surface area contributed by atoms with Gasteiger partial charge >= 0.3 is 0 Å². The maximum atomic E-state index is 12.3. The molecule has 0 aromatic heterocycles. The van der Waals surface area contributed by atoms with Crippen LogP contribution >= 0.6 is 15.9 Å². The molecule has 2 aromatic rings. The lowest BCUT2D eigenvalue weighted by molar-refractivity contribution is 0.0947. The highest BCUT2D eigenvalue weighted by molar-refractivity contribution is 9.10. The van der Waals surface area contributed by atoms with Crippen LogP contribution in [-0.2, 0) is 6.54 Å². The Labute approximate surface area is 136 Å². The van der Waals surface area contributed by atoms with Crippen LogP contribution in [0.2, 0.25) is 0 Å². The fraction of sp³-hybridized carbons (Fsp3) is 0.188. The predicted molar refractivity (Wildman–Crippen MR) is 84.4 cm³/mol. The summed E-state index contributed by atoms with van der Waals surface area (Å²) in [6.07, 6.45) is 0. The zero-order valence-corrected chi connectivity index (χ0v) is 13.5. The van der Waals surface area contributed by atoms with Crippen molar-refractivity contribution in [3.8, 4) is 17.2 Å². The van der Waals surface area contributed by atoms with E-state index in [0.717, 1.165) is 15.8 Å². The smallest absolute Gasteiger partial charge is 0.255 e. The first kappa shape index (κ1) is 14.7. The first-order valence-electron chi connectivity index (χ1n) is 6.67. The van der Waals surface area contributed by atoms with Gasteiger partial charge in [-0.15, -0.1) is 0 Å². The van der Waals surface area contributed by atoms with E-state index in [4.69, 9.17) is 14.2 Å². The van der Waals surface area contributed by atoms with E-state index in [-0.39, 0.29) is 12.7 Å². The van der Waals surface area contributed by atoms with Gasteiger partial charge in [0, 0.05) is 11.0 Å². The summed E-state index contributed by atoms with van der Waals surface area (Å²) in [7, 11) is 1.54. The largest absolute Gasteiger partial charge is 0.496 e. The summed E-state index contributed by atoms with van der Waals surface area (Å²) in [4.78, 5) is 12.3. The van der Waals surface area contributed by atoms with Crippen molar-refractivity contribution < 1.29 is 19.0 Å². The van der Waals surface area contributed by atoms with Crippen LogP contribution in [-0.4, -0.2) is 19.8 Å². The highest BCUT2D eigenvalue weighted by Crippen LogP contribution is 2.32. The number of fused-ring (bicyclic) bond motifs is 1. The van der Waals surface area contributed by atoms with Gasteiger partial charge in [-0.3, -0.25) is 4.79 Å². The molecule has 22 heavy (non-hydrogen) atoms. The van der Waals surface area contributed by atoms with Crippen molar-refractivity contribution in [1.29, 1.82) is 0 Å². The average molecular weight is 364 g/mol. The highest BCUT2D eigenvalue weighted by atomic mass is 79.9. The Balaban J connectivity index is 1.71. The minimum absolute atomic E-state index is 0.198. The summed E-state index contributed by atoms with van der Waals surface area (Å²) in [5.41, 5.74) is 1.42. The van der Waals surface area contributed by atoms with E-state index in [0.29, 0.717) is 23.6 Å². The summed E-state index contributed by atoms with van der Waals surface area (Å²) >= 11 is 3.36. The minimum Gasteiger partial charge on any atom is -0.496 e. The second-order valence-corrected chi connectivity index (χ2v) is 5.63. The third-order valence-corrected chi connectivity index (χ3v) is 3.79. The molecule has 1 aliphatic heterocycles. The van der Waals surface area contributed by atoms with Gasteiger partial charge in [0.1, 0.15) is 5.75 Å². The molecule has 0 bridgehead atoms. The third kappa shape index (κ3) is 3.01. The van der Waals surface area contributed by atoms with Crippen molar-refractivity contribution in [1.82, 2.24) is 5.32 Å². The first-order chi connectivity index (χ1) is 10.7. The Hall–Kier alpha value is -2.21. The molecule has 0 radical (unpaired) electrons. The highest BCUT2D eigenvalue weighted by Gasteiger charge is 2.15.